The van der Waals surface area contributed by atoms with Crippen molar-refractivity contribution < 1.29 is 14.3 Å². The molecule has 1 amide bonds. The number of terminal acetylenes is 1. The number of allylic oxidation sites excluding steroid dienone is 1. The highest BCUT2D eigenvalue weighted by atomic mass is 16.6. The van der Waals surface area contributed by atoms with Crippen molar-refractivity contribution in [1.29, 1.82) is 0 Å². The number of nitrogens with two attached hydrogens (primary N) is 1. The number of ketones is 1. The zero-order valence-electron chi connectivity index (χ0n) is 15.8. The maximum absolute atomic E-state index is 11.9. The number of fused-ring (bicyclic) bond motifs is 5. The van der Waals surface area contributed by atoms with E-state index in [1.54, 1.807) is 0 Å². The molecule has 0 aromatic rings. The summed E-state index contributed by atoms with van der Waals surface area (Å²) in [4.78, 5) is 23.5. The number of amides is 1. The fraction of sp³-hybridized carbons (Fsp3) is 0.727. The summed E-state index contributed by atoms with van der Waals surface area (Å²) in [5, 5.41) is 0. The van der Waals surface area contributed by atoms with Gasteiger partial charge in [0.25, 0.3) is 0 Å². The Hall–Kier alpha value is -1.76. The van der Waals surface area contributed by atoms with Crippen LogP contribution in [0.5, 0.6) is 0 Å². The third-order valence-corrected chi connectivity index (χ3v) is 8.59. The molecule has 0 saturated heterocycles. The summed E-state index contributed by atoms with van der Waals surface area (Å²) in [6, 6.07) is 0. The molecule has 4 aliphatic rings. The summed E-state index contributed by atoms with van der Waals surface area (Å²) in [6.07, 6.45) is 14.5. The second-order valence-corrected chi connectivity index (χ2v) is 9.36. The molecule has 0 heterocycles. The van der Waals surface area contributed by atoms with Gasteiger partial charge in [0, 0.05) is 11.8 Å². The molecule has 140 valence electrons. The molecule has 6 atom stereocenters. The van der Waals surface area contributed by atoms with Gasteiger partial charge in [-0.15, -0.1) is 6.42 Å². The van der Waals surface area contributed by atoms with E-state index in [1.807, 2.05) is 6.08 Å². The fourth-order valence-electron chi connectivity index (χ4n) is 7.16. The summed E-state index contributed by atoms with van der Waals surface area (Å²) < 4.78 is 5.59. The Morgan fingerprint density at radius 3 is 2.62 bits per heavy atom. The molecule has 0 spiro atoms. The molecule has 0 radical (unpaired) electrons. The van der Waals surface area contributed by atoms with E-state index in [0.29, 0.717) is 36.4 Å². The van der Waals surface area contributed by atoms with Gasteiger partial charge in [-0.1, -0.05) is 25.3 Å². The smallest absolute Gasteiger partial charge is 0.406 e. The van der Waals surface area contributed by atoms with E-state index in [1.165, 1.54) is 5.57 Å². The molecule has 3 fully saturated rings. The van der Waals surface area contributed by atoms with Gasteiger partial charge in [-0.3, -0.25) is 4.79 Å². The molecule has 4 rings (SSSR count). The Bertz CT molecular complexity index is 734. The lowest BCUT2D eigenvalue weighted by Gasteiger charge is -2.58. The maximum Gasteiger partial charge on any atom is 0.406 e. The second kappa shape index (κ2) is 5.62. The van der Waals surface area contributed by atoms with E-state index in [0.717, 1.165) is 38.5 Å². The Balaban J connectivity index is 1.69. The average molecular weight is 355 g/mol. The lowest BCUT2D eigenvalue weighted by Crippen LogP contribution is -2.56. The predicted molar refractivity (Wildman–Crippen MR) is 98.9 cm³/mol. The highest BCUT2D eigenvalue weighted by Crippen LogP contribution is 2.68. The first-order chi connectivity index (χ1) is 12.3. The third-order valence-electron chi connectivity index (χ3n) is 8.59. The molecule has 26 heavy (non-hydrogen) atoms. The standard InChI is InChI=1S/C22H29NO3/c1-4-22(26-19(23)25)12-9-18-16-6-5-14-13-15(24)7-10-20(14,2)17(16)8-11-21(18,22)3/h1,13,16-18H,5-12H2,2-3H3,(H2,23,25)/t16-,17+,18+,20+,21+,22+/m1/s1. The largest absolute Gasteiger partial charge is 0.429 e. The van der Waals surface area contributed by atoms with E-state index < -0.39 is 11.7 Å². The molecular formula is C22H29NO3. The molecule has 3 saturated carbocycles. The number of primary amides is 1. The van der Waals surface area contributed by atoms with Crippen molar-refractivity contribution in [2.45, 2.75) is 70.8 Å². The number of ether oxygens (including phenoxy) is 1. The zero-order valence-corrected chi connectivity index (χ0v) is 15.8. The van der Waals surface area contributed by atoms with Gasteiger partial charge in [-0.25, -0.2) is 4.79 Å². The molecule has 0 aromatic heterocycles. The van der Waals surface area contributed by atoms with Crippen LogP contribution in [0.15, 0.2) is 11.6 Å². The number of hydrogen-bond acceptors (Lipinski definition) is 3. The Morgan fingerprint density at radius 2 is 1.92 bits per heavy atom. The van der Waals surface area contributed by atoms with Crippen LogP contribution in [0.4, 0.5) is 4.79 Å². The summed E-state index contributed by atoms with van der Waals surface area (Å²) in [7, 11) is 0. The minimum Gasteiger partial charge on any atom is -0.429 e. The number of carbonyl (C=O) groups excluding carboxylic acids is 2. The van der Waals surface area contributed by atoms with Crippen molar-refractivity contribution in [1.82, 2.24) is 0 Å². The van der Waals surface area contributed by atoms with E-state index >= 15 is 0 Å². The Kier molecular flexibility index (Phi) is 3.81. The molecule has 0 bridgehead atoms. The van der Waals surface area contributed by atoms with E-state index in [-0.39, 0.29) is 10.8 Å². The fourth-order valence-corrected chi connectivity index (χ4v) is 7.16. The first-order valence-electron chi connectivity index (χ1n) is 9.96. The van der Waals surface area contributed by atoms with Crippen LogP contribution in [0, 0.1) is 40.9 Å². The van der Waals surface area contributed by atoms with Crippen molar-refractivity contribution in [2.75, 3.05) is 0 Å². The van der Waals surface area contributed by atoms with Crippen LogP contribution in [0.25, 0.3) is 0 Å². The number of rotatable bonds is 1. The van der Waals surface area contributed by atoms with Gasteiger partial charge in [-0.2, -0.15) is 0 Å². The summed E-state index contributed by atoms with van der Waals surface area (Å²) in [5.41, 5.74) is 5.81. The number of carbonyl (C=O) groups is 2. The minimum absolute atomic E-state index is 0.143. The van der Waals surface area contributed by atoms with Crippen LogP contribution in [-0.2, 0) is 9.53 Å². The van der Waals surface area contributed by atoms with Crippen LogP contribution in [0.2, 0.25) is 0 Å². The topological polar surface area (TPSA) is 69.4 Å². The quantitative estimate of drug-likeness (QED) is 0.723. The van der Waals surface area contributed by atoms with Crippen molar-refractivity contribution in [2.24, 2.45) is 34.3 Å². The van der Waals surface area contributed by atoms with Crippen LogP contribution < -0.4 is 5.73 Å². The van der Waals surface area contributed by atoms with Crippen molar-refractivity contribution in [3.05, 3.63) is 11.6 Å². The van der Waals surface area contributed by atoms with Gasteiger partial charge >= 0.3 is 6.09 Å². The second-order valence-electron chi connectivity index (χ2n) is 9.36. The van der Waals surface area contributed by atoms with Crippen LogP contribution in [0.3, 0.4) is 0 Å². The SMILES string of the molecule is C#C[C@]1(OC(N)=O)CC[C@H]2[C@@H]3CCC4=CC(=O)CC[C@]4(C)[C@H]3CC[C@@]21C. The van der Waals surface area contributed by atoms with Gasteiger partial charge in [0.2, 0.25) is 0 Å². The average Bonchev–Trinajstić information content (AvgIpc) is 2.88. The molecular weight excluding hydrogens is 326 g/mol. The molecule has 2 N–H and O–H groups in total. The molecule has 4 nitrogen and oxygen atoms in total. The van der Waals surface area contributed by atoms with Crippen LogP contribution >= 0.6 is 0 Å². The lowest BCUT2D eigenvalue weighted by atomic mass is 9.46. The molecule has 0 aliphatic heterocycles. The molecule has 0 unspecified atom stereocenters. The maximum atomic E-state index is 11.9. The molecule has 4 aliphatic carbocycles. The van der Waals surface area contributed by atoms with Crippen molar-refractivity contribution >= 4 is 11.9 Å². The van der Waals surface area contributed by atoms with Gasteiger partial charge in [0.15, 0.2) is 11.4 Å². The van der Waals surface area contributed by atoms with E-state index in [9.17, 15) is 9.59 Å². The van der Waals surface area contributed by atoms with Crippen molar-refractivity contribution in [3.63, 3.8) is 0 Å². The van der Waals surface area contributed by atoms with E-state index in [4.69, 9.17) is 16.9 Å². The van der Waals surface area contributed by atoms with E-state index in [2.05, 4.69) is 19.8 Å². The lowest BCUT2D eigenvalue weighted by molar-refractivity contribution is -0.119. The highest BCUT2D eigenvalue weighted by Gasteiger charge is 2.65. The number of hydrogen-bond donors (Lipinski definition) is 1. The predicted octanol–water partition coefficient (Wildman–Crippen LogP) is 3.99. The van der Waals surface area contributed by atoms with Crippen LogP contribution in [0.1, 0.15) is 65.2 Å². The van der Waals surface area contributed by atoms with Gasteiger partial charge in [-0.05, 0) is 74.2 Å². The molecule has 4 heteroatoms. The van der Waals surface area contributed by atoms with Gasteiger partial charge in [0.05, 0.1) is 0 Å². The Morgan fingerprint density at radius 1 is 1.19 bits per heavy atom. The summed E-state index contributed by atoms with van der Waals surface area (Å²) >= 11 is 0. The first-order valence-corrected chi connectivity index (χ1v) is 9.96. The first kappa shape index (κ1) is 17.6. The van der Waals surface area contributed by atoms with Crippen LogP contribution in [-0.4, -0.2) is 17.5 Å². The monoisotopic (exact) mass is 355 g/mol. The Labute approximate surface area is 155 Å². The van der Waals surface area contributed by atoms with Crippen molar-refractivity contribution in [3.8, 4) is 12.3 Å². The molecule has 0 aromatic carbocycles. The highest BCUT2D eigenvalue weighted by molar-refractivity contribution is 5.91. The zero-order chi connectivity index (χ0) is 18.7. The van der Waals surface area contributed by atoms with Gasteiger partial charge in [0.1, 0.15) is 0 Å². The summed E-state index contributed by atoms with van der Waals surface area (Å²) in [5.74, 6) is 4.75. The minimum atomic E-state index is -0.867. The summed E-state index contributed by atoms with van der Waals surface area (Å²) in [6.45, 7) is 4.58. The third kappa shape index (κ3) is 2.15. The van der Waals surface area contributed by atoms with Gasteiger partial charge < -0.3 is 10.5 Å². The normalized spacial score (nSPS) is 47.0.